The number of nitrogens with one attached hydrogen (secondary N) is 2. The number of fused-ring (bicyclic) bond motifs is 2. The highest BCUT2D eigenvalue weighted by molar-refractivity contribution is 7.09. The lowest BCUT2D eigenvalue weighted by atomic mass is 9.97. The fraction of sp³-hybridized carbons (Fsp3) is 0.250. The molecule has 1 aliphatic rings. The summed E-state index contributed by atoms with van der Waals surface area (Å²) in [5, 5.41) is 13.2. The standard InChI is InChI=1S/C24H21N7O3S/c32-22(25-12-21-26-16-3-1-2-4-17(16)27-21)20-13-35-23(28-20)14-7-9-31(10-8-14)24(33)15-5-6-18-19(11-15)30-34-29-18/h1-6,11,13-14H,7-10,12H2,(H,25,32)(H,26,27). The minimum Gasteiger partial charge on any atom is -0.343 e. The zero-order valence-corrected chi connectivity index (χ0v) is 19.4. The molecule has 0 aliphatic carbocycles. The summed E-state index contributed by atoms with van der Waals surface area (Å²) in [6.45, 7) is 1.56. The maximum absolute atomic E-state index is 12.9. The van der Waals surface area contributed by atoms with E-state index in [0.29, 0.717) is 47.7 Å². The molecule has 0 saturated carbocycles. The molecule has 0 radical (unpaired) electrons. The number of imidazole rings is 1. The number of para-hydroxylation sites is 2. The Morgan fingerprint density at radius 3 is 2.74 bits per heavy atom. The molecule has 176 valence electrons. The molecule has 0 bridgehead atoms. The van der Waals surface area contributed by atoms with Gasteiger partial charge in [-0.1, -0.05) is 12.1 Å². The van der Waals surface area contributed by atoms with Crippen molar-refractivity contribution in [1.82, 2.24) is 35.5 Å². The monoisotopic (exact) mass is 487 g/mol. The third kappa shape index (κ3) is 4.26. The lowest BCUT2D eigenvalue weighted by Gasteiger charge is -2.31. The van der Waals surface area contributed by atoms with Crippen molar-refractivity contribution in [3.05, 3.63) is 69.9 Å². The van der Waals surface area contributed by atoms with Gasteiger partial charge >= 0.3 is 0 Å². The molecule has 3 aromatic heterocycles. The second-order valence-electron chi connectivity index (χ2n) is 8.49. The molecule has 11 heteroatoms. The number of nitrogens with zero attached hydrogens (tertiary/aromatic N) is 5. The van der Waals surface area contributed by atoms with E-state index in [1.165, 1.54) is 11.3 Å². The van der Waals surface area contributed by atoms with Gasteiger partial charge in [0.25, 0.3) is 11.8 Å². The molecule has 0 unspecified atom stereocenters. The van der Waals surface area contributed by atoms with Crippen LogP contribution in [0.1, 0.15) is 50.4 Å². The molecule has 6 rings (SSSR count). The van der Waals surface area contributed by atoms with Gasteiger partial charge in [-0.15, -0.1) is 11.3 Å². The van der Waals surface area contributed by atoms with E-state index in [9.17, 15) is 9.59 Å². The lowest BCUT2D eigenvalue weighted by Crippen LogP contribution is -2.37. The van der Waals surface area contributed by atoms with Gasteiger partial charge in [0.05, 0.1) is 22.6 Å². The normalized spacial score (nSPS) is 14.6. The molecule has 1 fully saturated rings. The van der Waals surface area contributed by atoms with Crippen LogP contribution in [0.25, 0.3) is 22.1 Å². The first kappa shape index (κ1) is 21.4. The van der Waals surface area contributed by atoms with E-state index >= 15 is 0 Å². The maximum Gasteiger partial charge on any atom is 0.271 e. The third-order valence-electron chi connectivity index (χ3n) is 6.24. The Morgan fingerprint density at radius 2 is 1.89 bits per heavy atom. The Morgan fingerprint density at radius 1 is 1.06 bits per heavy atom. The van der Waals surface area contributed by atoms with Crippen LogP contribution in [0.2, 0.25) is 0 Å². The summed E-state index contributed by atoms with van der Waals surface area (Å²) in [6.07, 6.45) is 1.60. The van der Waals surface area contributed by atoms with Gasteiger partial charge in [-0.25, -0.2) is 14.6 Å². The average Bonchev–Trinajstić information content (AvgIpc) is 3.65. The second-order valence-corrected chi connectivity index (χ2v) is 9.38. The SMILES string of the molecule is O=C(NCc1nc2ccccc2[nH]1)c1csc(C2CCN(C(=O)c3ccc4nonc4c3)CC2)n1. The van der Waals surface area contributed by atoms with Crippen LogP contribution in [0.4, 0.5) is 0 Å². The summed E-state index contributed by atoms with van der Waals surface area (Å²) in [4.78, 5) is 39.7. The Balaban J connectivity index is 1.05. The van der Waals surface area contributed by atoms with Gasteiger partial charge in [0.1, 0.15) is 22.6 Å². The number of carbonyl (C=O) groups is 2. The maximum atomic E-state index is 12.9. The lowest BCUT2D eigenvalue weighted by molar-refractivity contribution is 0.0713. The summed E-state index contributed by atoms with van der Waals surface area (Å²) < 4.78 is 4.71. The van der Waals surface area contributed by atoms with Crippen LogP contribution in [-0.2, 0) is 6.54 Å². The number of piperidine rings is 1. The summed E-state index contributed by atoms with van der Waals surface area (Å²) in [7, 11) is 0. The second kappa shape index (κ2) is 8.91. The van der Waals surface area contributed by atoms with Gasteiger partial charge < -0.3 is 15.2 Å². The largest absolute Gasteiger partial charge is 0.343 e. The molecule has 35 heavy (non-hydrogen) atoms. The van der Waals surface area contributed by atoms with Crippen molar-refractivity contribution in [1.29, 1.82) is 0 Å². The number of hydrogen-bond acceptors (Lipinski definition) is 8. The number of amides is 2. The number of carbonyl (C=O) groups excluding carboxylic acids is 2. The first-order chi connectivity index (χ1) is 17.1. The molecule has 4 heterocycles. The average molecular weight is 488 g/mol. The molecule has 5 aromatic rings. The van der Waals surface area contributed by atoms with E-state index in [-0.39, 0.29) is 17.7 Å². The first-order valence-corrected chi connectivity index (χ1v) is 12.2. The van der Waals surface area contributed by atoms with Crippen LogP contribution < -0.4 is 5.32 Å². The van der Waals surface area contributed by atoms with Crippen molar-refractivity contribution in [2.24, 2.45) is 0 Å². The molecule has 1 saturated heterocycles. The van der Waals surface area contributed by atoms with Crippen molar-refractivity contribution < 1.29 is 14.2 Å². The smallest absolute Gasteiger partial charge is 0.271 e. The Hall–Kier alpha value is -4.12. The number of likely N-dealkylation sites (tertiary alicyclic amines) is 1. The van der Waals surface area contributed by atoms with Gasteiger partial charge in [0, 0.05) is 30.0 Å². The fourth-order valence-electron chi connectivity index (χ4n) is 4.35. The van der Waals surface area contributed by atoms with Crippen LogP contribution in [0.5, 0.6) is 0 Å². The molecule has 2 amide bonds. The summed E-state index contributed by atoms with van der Waals surface area (Å²) in [6, 6.07) is 12.9. The number of hydrogen-bond donors (Lipinski definition) is 2. The quantitative estimate of drug-likeness (QED) is 0.388. The van der Waals surface area contributed by atoms with Crippen molar-refractivity contribution >= 4 is 45.2 Å². The van der Waals surface area contributed by atoms with E-state index in [0.717, 1.165) is 28.9 Å². The van der Waals surface area contributed by atoms with E-state index in [1.807, 2.05) is 29.2 Å². The summed E-state index contributed by atoms with van der Waals surface area (Å²) in [5.74, 6) is 0.672. The minimum absolute atomic E-state index is 0.0295. The highest BCUT2D eigenvalue weighted by Gasteiger charge is 2.27. The van der Waals surface area contributed by atoms with Crippen LogP contribution in [0.15, 0.2) is 52.5 Å². The van der Waals surface area contributed by atoms with Gasteiger partial charge in [-0.2, -0.15) is 0 Å². The number of aromatic nitrogens is 5. The molecule has 0 spiro atoms. The zero-order chi connectivity index (χ0) is 23.8. The van der Waals surface area contributed by atoms with E-state index in [4.69, 9.17) is 4.63 Å². The number of thiazole rings is 1. The molecular formula is C24H21N7O3S. The van der Waals surface area contributed by atoms with Gasteiger partial charge in [-0.05, 0) is 53.5 Å². The molecule has 10 nitrogen and oxygen atoms in total. The molecule has 1 aliphatic heterocycles. The predicted molar refractivity (Wildman–Crippen MR) is 129 cm³/mol. The van der Waals surface area contributed by atoms with Gasteiger partial charge in [0.2, 0.25) is 0 Å². The first-order valence-electron chi connectivity index (χ1n) is 11.3. The predicted octanol–water partition coefficient (Wildman–Crippen LogP) is 3.51. The Labute approximate surface area is 203 Å². The molecular weight excluding hydrogens is 466 g/mol. The van der Waals surface area contributed by atoms with Crippen molar-refractivity contribution in [2.75, 3.05) is 13.1 Å². The number of H-pyrrole nitrogens is 1. The van der Waals surface area contributed by atoms with Crippen LogP contribution in [-0.4, -0.2) is 55.1 Å². The van der Waals surface area contributed by atoms with Crippen molar-refractivity contribution in [3.63, 3.8) is 0 Å². The molecule has 2 N–H and O–H groups in total. The van der Waals surface area contributed by atoms with E-state index in [1.54, 1.807) is 23.6 Å². The topological polar surface area (TPSA) is 130 Å². The molecule has 2 aromatic carbocycles. The zero-order valence-electron chi connectivity index (χ0n) is 18.6. The highest BCUT2D eigenvalue weighted by atomic mass is 32.1. The van der Waals surface area contributed by atoms with Crippen LogP contribution in [0.3, 0.4) is 0 Å². The van der Waals surface area contributed by atoms with Crippen LogP contribution in [0, 0.1) is 0 Å². The van der Waals surface area contributed by atoms with E-state index < -0.39 is 0 Å². The van der Waals surface area contributed by atoms with Gasteiger partial charge in [0.15, 0.2) is 0 Å². The fourth-order valence-corrected chi connectivity index (χ4v) is 5.32. The summed E-state index contributed by atoms with van der Waals surface area (Å²) >= 11 is 1.49. The number of rotatable bonds is 5. The highest BCUT2D eigenvalue weighted by Crippen LogP contribution is 2.31. The molecule has 0 atom stereocenters. The van der Waals surface area contributed by atoms with E-state index in [2.05, 4.69) is 30.6 Å². The Bertz CT molecular complexity index is 1500. The minimum atomic E-state index is -0.224. The van der Waals surface area contributed by atoms with Crippen LogP contribution >= 0.6 is 11.3 Å². The Kier molecular flexibility index (Phi) is 5.45. The summed E-state index contributed by atoms with van der Waals surface area (Å²) in [5.41, 5.74) is 3.99. The van der Waals surface area contributed by atoms with Crippen molar-refractivity contribution in [2.45, 2.75) is 25.3 Å². The third-order valence-corrected chi connectivity index (χ3v) is 7.25. The van der Waals surface area contributed by atoms with Crippen molar-refractivity contribution in [3.8, 4) is 0 Å². The number of benzene rings is 2. The van der Waals surface area contributed by atoms with Gasteiger partial charge in [-0.3, -0.25) is 9.59 Å². The number of aromatic amines is 1.